The molecule has 0 N–H and O–H groups in total. The molecule has 1 fully saturated rings. The third-order valence-electron chi connectivity index (χ3n) is 4.15. The van der Waals surface area contributed by atoms with E-state index in [0.29, 0.717) is 25.6 Å². The highest BCUT2D eigenvalue weighted by Crippen LogP contribution is 2.36. The van der Waals surface area contributed by atoms with Gasteiger partial charge in [-0.2, -0.15) is 0 Å². The first-order valence-corrected chi connectivity index (χ1v) is 8.93. The minimum absolute atomic E-state index is 0.220. The highest BCUT2D eigenvalue weighted by molar-refractivity contribution is 7.14. The summed E-state index contributed by atoms with van der Waals surface area (Å²) in [5.74, 6) is 1.15. The summed E-state index contributed by atoms with van der Waals surface area (Å²) in [6.45, 7) is 3.64. The average Bonchev–Trinajstić information content (AvgIpc) is 3.12. The Labute approximate surface area is 145 Å². The Bertz CT molecular complexity index is 696. The number of carbonyl (C=O) groups is 1. The molecule has 1 saturated heterocycles. The van der Waals surface area contributed by atoms with Crippen molar-refractivity contribution in [3.63, 3.8) is 0 Å². The van der Waals surface area contributed by atoms with E-state index in [4.69, 9.17) is 9.47 Å². The van der Waals surface area contributed by atoms with E-state index >= 15 is 0 Å². The van der Waals surface area contributed by atoms with E-state index in [-0.39, 0.29) is 6.09 Å². The number of carbonyl (C=O) groups excluding carboxylic acids is 1. The molecule has 0 atom stereocenters. The molecule has 0 spiro atoms. The maximum atomic E-state index is 11.8. The van der Waals surface area contributed by atoms with Crippen LogP contribution in [0.3, 0.4) is 0 Å². The lowest BCUT2D eigenvalue weighted by molar-refractivity contribution is 0.0970. The number of hydrogen-bond acceptors (Lipinski definition) is 6. The maximum absolute atomic E-state index is 11.8. The lowest BCUT2D eigenvalue weighted by Gasteiger charge is -2.29. The van der Waals surface area contributed by atoms with Gasteiger partial charge in [-0.15, -0.1) is 10.2 Å². The number of nitrogens with zero attached hydrogens (tertiary/aromatic N) is 3. The smallest absolute Gasteiger partial charge is 0.409 e. The fourth-order valence-corrected chi connectivity index (χ4v) is 3.90. The molecular formula is C17H21N3O3S. The number of benzene rings is 1. The molecule has 1 aromatic heterocycles. The topological polar surface area (TPSA) is 64.5 Å². The first kappa shape index (κ1) is 16.7. The standard InChI is InChI=1S/C17H21N3O3S/c1-3-23-17(21)20-10-8-12(9-11-20)15-18-19-16(24-15)13-6-4-5-7-14(13)22-2/h4-7,12H,3,8-11H2,1-2H3. The van der Waals surface area contributed by atoms with Gasteiger partial charge in [0.1, 0.15) is 10.8 Å². The van der Waals surface area contributed by atoms with Gasteiger partial charge in [-0.3, -0.25) is 0 Å². The summed E-state index contributed by atoms with van der Waals surface area (Å²) in [4.78, 5) is 13.5. The van der Waals surface area contributed by atoms with Crippen LogP contribution in [0.2, 0.25) is 0 Å². The minimum atomic E-state index is -0.220. The number of amides is 1. The second-order valence-electron chi connectivity index (χ2n) is 5.61. The fraction of sp³-hybridized carbons (Fsp3) is 0.471. The van der Waals surface area contributed by atoms with Crippen LogP contribution in [0.4, 0.5) is 4.79 Å². The van der Waals surface area contributed by atoms with Crippen molar-refractivity contribution in [2.75, 3.05) is 26.8 Å². The summed E-state index contributed by atoms with van der Waals surface area (Å²) in [6, 6.07) is 7.83. The Morgan fingerprint density at radius 1 is 1.29 bits per heavy atom. The summed E-state index contributed by atoms with van der Waals surface area (Å²) >= 11 is 1.61. The Morgan fingerprint density at radius 2 is 2.04 bits per heavy atom. The Hall–Kier alpha value is -2.15. The van der Waals surface area contributed by atoms with Crippen molar-refractivity contribution in [3.8, 4) is 16.3 Å². The van der Waals surface area contributed by atoms with Crippen LogP contribution in [0.1, 0.15) is 30.7 Å². The van der Waals surface area contributed by atoms with Crippen molar-refractivity contribution < 1.29 is 14.3 Å². The van der Waals surface area contributed by atoms with Crippen LogP contribution in [0.15, 0.2) is 24.3 Å². The van der Waals surface area contributed by atoms with E-state index in [1.165, 1.54) is 0 Å². The van der Waals surface area contributed by atoms with Crippen LogP contribution < -0.4 is 4.74 Å². The van der Waals surface area contributed by atoms with Crippen molar-refractivity contribution in [2.24, 2.45) is 0 Å². The van der Waals surface area contributed by atoms with E-state index in [9.17, 15) is 4.79 Å². The zero-order chi connectivity index (χ0) is 16.9. The molecule has 2 aromatic rings. The number of hydrogen-bond donors (Lipinski definition) is 0. The molecular weight excluding hydrogens is 326 g/mol. The molecule has 0 saturated carbocycles. The largest absolute Gasteiger partial charge is 0.496 e. The van der Waals surface area contributed by atoms with Gasteiger partial charge in [0.15, 0.2) is 5.01 Å². The van der Waals surface area contributed by atoms with Gasteiger partial charge in [0, 0.05) is 19.0 Å². The van der Waals surface area contributed by atoms with Crippen LogP contribution in [0, 0.1) is 0 Å². The predicted octanol–water partition coefficient (Wildman–Crippen LogP) is 3.55. The van der Waals surface area contributed by atoms with Gasteiger partial charge in [-0.1, -0.05) is 23.5 Å². The van der Waals surface area contributed by atoms with Crippen LogP contribution in [0.5, 0.6) is 5.75 Å². The minimum Gasteiger partial charge on any atom is -0.496 e. The molecule has 1 aliphatic rings. The number of aromatic nitrogens is 2. The van der Waals surface area contributed by atoms with Gasteiger partial charge < -0.3 is 14.4 Å². The molecule has 2 heterocycles. The average molecular weight is 347 g/mol. The molecule has 1 amide bonds. The summed E-state index contributed by atoms with van der Waals surface area (Å²) in [5, 5.41) is 10.6. The molecule has 6 nitrogen and oxygen atoms in total. The quantitative estimate of drug-likeness (QED) is 0.846. The molecule has 24 heavy (non-hydrogen) atoms. The summed E-state index contributed by atoms with van der Waals surface area (Å²) in [6.07, 6.45) is 1.56. The predicted molar refractivity (Wildman–Crippen MR) is 92.5 cm³/mol. The molecule has 0 bridgehead atoms. The normalized spacial score (nSPS) is 15.3. The van der Waals surface area contributed by atoms with E-state index in [1.807, 2.05) is 31.2 Å². The van der Waals surface area contributed by atoms with Crippen LogP contribution in [0.25, 0.3) is 10.6 Å². The Morgan fingerprint density at radius 3 is 2.75 bits per heavy atom. The van der Waals surface area contributed by atoms with Crippen molar-refractivity contribution in [2.45, 2.75) is 25.7 Å². The SMILES string of the molecule is CCOC(=O)N1CCC(c2nnc(-c3ccccc3OC)s2)CC1. The Kier molecular flexibility index (Phi) is 5.30. The summed E-state index contributed by atoms with van der Waals surface area (Å²) in [7, 11) is 1.66. The van der Waals surface area contributed by atoms with Crippen LogP contribution in [-0.2, 0) is 4.74 Å². The molecule has 1 aliphatic heterocycles. The van der Waals surface area contributed by atoms with Crippen molar-refractivity contribution in [3.05, 3.63) is 29.3 Å². The fourth-order valence-electron chi connectivity index (χ4n) is 2.85. The molecule has 0 unspecified atom stereocenters. The number of rotatable bonds is 4. The van der Waals surface area contributed by atoms with Crippen molar-refractivity contribution in [1.82, 2.24) is 15.1 Å². The second kappa shape index (κ2) is 7.61. The molecule has 128 valence electrons. The van der Waals surface area contributed by atoms with Gasteiger partial charge in [0.05, 0.1) is 19.3 Å². The summed E-state index contributed by atoms with van der Waals surface area (Å²) < 4.78 is 10.5. The van der Waals surface area contributed by atoms with Crippen molar-refractivity contribution in [1.29, 1.82) is 0 Å². The van der Waals surface area contributed by atoms with Crippen LogP contribution >= 0.6 is 11.3 Å². The maximum Gasteiger partial charge on any atom is 0.409 e. The van der Waals surface area contributed by atoms with Gasteiger partial charge in [0.25, 0.3) is 0 Å². The van der Waals surface area contributed by atoms with Crippen molar-refractivity contribution >= 4 is 17.4 Å². The van der Waals surface area contributed by atoms with Gasteiger partial charge in [-0.25, -0.2) is 4.79 Å². The third-order valence-corrected chi connectivity index (χ3v) is 5.27. The van der Waals surface area contributed by atoms with E-state index in [0.717, 1.165) is 34.2 Å². The number of likely N-dealkylation sites (tertiary alicyclic amines) is 1. The molecule has 0 radical (unpaired) electrons. The lowest BCUT2D eigenvalue weighted by atomic mass is 9.98. The molecule has 7 heteroatoms. The molecule has 3 rings (SSSR count). The molecule has 0 aliphatic carbocycles. The zero-order valence-corrected chi connectivity index (χ0v) is 14.7. The van der Waals surface area contributed by atoms with Gasteiger partial charge in [0.2, 0.25) is 0 Å². The lowest BCUT2D eigenvalue weighted by Crippen LogP contribution is -2.38. The highest BCUT2D eigenvalue weighted by Gasteiger charge is 2.27. The number of ether oxygens (including phenoxy) is 2. The number of piperidine rings is 1. The van der Waals surface area contributed by atoms with E-state index in [1.54, 1.807) is 23.3 Å². The van der Waals surface area contributed by atoms with E-state index in [2.05, 4.69) is 10.2 Å². The zero-order valence-electron chi connectivity index (χ0n) is 13.9. The first-order valence-electron chi connectivity index (χ1n) is 8.11. The Balaban J connectivity index is 1.68. The molecule has 1 aromatic carbocycles. The first-order chi connectivity index (χ1) is 11.7. The van der Waals surface area contributed by atoms with E-state index < -0.39 is 0 Å². The third kappa shape index (κ3) is 3.51. The van der Waals surface area contributed by atoms with Gasteiger partial charge >= 0.3 is 6.09 Å². The number of para-hydroxylation sites is 1. The summed E-state index contributed by atoms with van der Waals surface area (Å²) in [5.41, 5.74) is 0.965. The highest BCUT2D eigenvalue weighted by atomic mass is 32.1. The van der Waals surface area contributed by atoms with Crippen LogP contribution in [-0.4, -0.2) is 48.0 Å². The number of methoxy groups -OCH3 is 1. The van der Waals surface area contributed by atoms with Gasteiger partial charge in [-0.05, 0) is 31.9 Å². The second-order valence-corrected chi connectivity index (χ2v) is 6.62. The monoisotopic (exact) mass is 347 g/mol.